The van der Waals surface area contributed by atoms with E-state index in [4.69, 9.17) is 5.11 Å². The average Bonchev–Trinajstić information content (AvgIpc) is 2.25. The van der Waals surface area contributed by atoms with Crippen LogP contribution in [0.25, 0.3) is 0 Å². The number of nitrogens with one attached hydrogen (secondary N) is 1. The number of carbonyl (C=O) groups is 1. The van der Waals surface area contributed by atoms with E-state index >= 15 is 0 Å². The number of hydrogen-bond donors (Lipinski definition) is 3. The number of rotatable bonds is 4. The lowest BCUT2D eigenvalue weighted by molar-refractivity contribution is -0.155. The fraction of sp³-hybridized carbons (Fsp3) is 0.364. The van der Waals surface area contributed by atoms with Crippen molar-refractivity contribution in [3.8, 4) is 0 Å². The first-order chi connectivity index (χ1) is 8.13. The molecule has 1 atom stereocenters. The van der Waals surface area contributed by atoms with Crippen LogP contribution in [0.3, 0.4) is 0 Å². The van der Waals surface area contributed by atoms with Gasteiger partial charge in [0.05, 0.1) is 12.1 Å². The van der Waals surface area contributed by atoms with E-state index in [-0.39, 0.29) is 5.69 Å². The molecule has 0 aromatic heterocycles. The molecule has 0 fully saturated rings. The third-order valence-corrected chi connectivity index (χ3v) is 2.29. The van der Waals surface area contributed by atoms with E-state index in [9.17, 15) is 23.1 Å². The number of alkyl halides is 3. The standard InChI is InChI=1S/C11H12F3NO3/c1-10(18,9(16)17)6-15-8-4-2-3-7(5-8)11(12,13)14/h2-5,15,18H,6H2,1H3,(H,16,17). The summed E-state index contributed by atoms with van der Waals surface area (Å²) >= 11 is 0. The molecule has 0 saturated heterocycles. The molecule has 3 N–H and O–H groups in total. The van der Waals surface area contributed by atoms with Crippen molar-refractivity contribution in [2.45, 2.75) is 18.7 Å². The first-order valence-electron chi connectivity index (χ1n) is 5.00. The molecule has 0 amide bonds. The summed E-state index contributed by atoms with van der Waals surface area (Å²) in [5.74, 6) is -1.46. The third kappa shape index (κ3) is 3.63. The summed E-state index contributed by atoms with van der Waals surface area (Å²) in [5.41, 5.74) is -2.80. The second-order valence-electron chi connectivity index (χ2n) is 4.01. The van der Waals surface area contributed by atoms with Crippen molar-refractivity contribution >= 4 is 11.7 Å². The zero-order chi connectivity index (χ0) is 14.0. The van der Waals surface area contributed by atoms with Gasteiger partial charge in [0.25, 0.3) is 0 Å². The van der Waals surface area contributed by atoms with Crippen molar-refractivity contribution in [2.75, 3.05) is 11.9 Å². The van der Waals surface area contributed by atoms with Gasteiger partial charge in [-0.3, -0.25) is 0 Å². The fourth-order valence-electron chi connectivity index (χ4n) is 1.16. The second kappa shape index (κ2) is 4.85. The lowest BCUT2D eigenvalue weighted by atomic mass is 10.1. The van der Waals surface area contributed by atoms with Gasteiger partial charge >= 0.3 is 12.1 Å². The summed E-state index contributed by atoms with van der Waals surface area (Å²) in [4.78, 5) is 10.6. The summed E-state index contributed by atoms with van der Waals surface area (Å²) in [6, 6.07) is 4.30. The molecule has 0 spiro atoms. The Balaban J connectivity index is 2.78. The van der Waals surface area contributed by atoms with Crippen LogP contribution in [-0.4, -0.2) is 28.3 Å². The van der Waals surface area contributed by atoms with Crippen LogP contribution in [0.2, 0.25) is 0 Å². The lowest BCUT2D eigenvalue weighted by Crippen LogP contribution is -2.41. The van der Waals surface area contributed by atoms with Crippen molar-refractivity contribution in [3.05, 3.63) is 29.8 Å². The maximum absolute atomic E-state index is 12.4. The van der Waals surface area contributed by atoms with Crippen molar-refractivity contribution in [2.24, 2.45) is 0 Å². The maximum Gasteiger partial charge on any atom is 0.416 e. The van der Waals surface area contributed by atoms with Gasteiger partial charge in [-0.15, -0.1) is 0 Å². The quantitative estimate of drug-likeness (QED) is 0.776. The minimum absolute atomic E-state index is 0.0892. The number of aliphatic hydroxyl groups is 1. The van der Waals surface area contributed by atoms with Crippen LogP contribution in [0.1, 0.15) is 12.5 Å². The molecule has 1 unspecified atom stereocenters. The predicted molar refractivity (Wildman–Crippen MR) is 58.2 cm³/mol. The zero-order valence-electron chi connectivity index (χ0n) is 9.45. The highest BCUT2D eigenvalue weighted by Gasteiger charge is 2.31. The zero-order valence-corrected chi connectivity index (χ0v) is 9.45. The number of aliphatic carboxylic acids is 1. The molecule has 1 rings (SSSR count). The highest BCUT2D eigenvalue weighted by atomic mass is 19.4. The minimum atomic E-state index is -4.47. The average molecular weight is 263 g/mol. The summed E-state index contributed by atoms with van der Waals surface area (Å²) in [7, 11) is 0. The number of carboxylic acids is 1. The number of anilines is 1. The molecule has 0 saturated carbocycles. The Kier molecular flexibility index (Phi) is 3.85. The number of hydrogen-bond acceptors (Lipinski definition) is 3. The Morgan fingerprint density at radius 2 is 2.00 bits per heavy atom. The molecule has 1 aromatic carbocycles. The number of benzene rings is 1. The molecule has 0 bridgehead atoms. The molecule has 7 heteroatoms. The molecule has 18 heavy (non-hydrogen) atoms. The van der Waals surface area contributed by atoms with E-state index in [0.29, 0.717) is 0 Å². The summed E-state index contributed by atoms with van der Waals surface area (Å²) in [5, 5.41) is 20.5. The number of halogens is 3. The Morgan fingerprint density at radius 1 is 1.39 bits per heavy atom. The molecule has 0 aliphatic rings. The number of carboxylic acid groups (broad SMARTS) is 1. The Morgan fingerprint density at radius 3 is 2.50 bits per heavy atom. The molecular weight excluding hydrogens is 251 g/mol. The lowest BCUT2D eigenvalue weighted by Gasteiger charge is -2.19. The van der Waals surface area contributed by atoms with Gasteiger partial charge in [0.2, 0.25) is 0 Å². The van der Waals surface area contributed by atoms with E-state index in [0.717, 1.165) is 19.1 Å². The van der Waals surface area contributed by atoms with E-state index < -0.39 is 29.9 Å². The van der Waals surface area contributed by atoms with Gasteiger partial charge in [-0.05, 0) is 25.1 Å². The van der Waals surface area contributed by atoms with Gasteiger partial charge in [0, 0.05) is 5.69 Å². The van der Waals surface area contributed by atoms with E-state index in [2.05, 4.69) is 5.32 Å². The van der Waals surface area contributed by atoms with Gasteiger partial charge in [0.1, 0.15) is 0 Å². The first-order valence-corrected chi connectivity index (χ1v) is 5.00. The molecule has 100 valence electrons. The van der Waals surface area contributed by atoms with Gasteiger partial charge in [-0.2, -0.15) is 13.2 Å². The predicted octanol–water partition coefficient (Wildman–Crippen LogP) is 1.95. The Bertz CT molecular complexity index is 443. The van der Waals surface area contributed by atoms with Crippen LogP contribution in [0.4, 0.5) is 18.9 Å². The van der Waals surface area contributed by atoms with Gasteiger partial charge in [-0.1, -0.05) is 6.07 Å². The topological polar surface area (TPSA) is 69.6 Å². The van der Waals surface area contributed by atoms with Crippen molar-refractivity contribution in [1.82, 2.24) is 0 Å². The van der Waals surface area contributed by atoms with Crippen LogP contribution in [-0.2, 0) is 11.0 Å². The van der Waals surface area contributed by atoms with E-state index in [1.54, 1.807) is 0 Å². The van der Waals surface area contributed by atoms with Gasteiger partial charge in [-0.25, -0.2) is 4.79 Å². The van der Waals surface area contributed by atoms with Crippen molar-refractivity contribution < 1.29 is 28.2 Å². The Hall–Kier alpha value is -1.76. The SMILES string of the molecule is CC(O)(CNc1cccc(C(F)(F)F)c1)C(=O)O. The van der Waals surface area contributed by atoms with Crippen LogP contribution < -0.4 is 5.32 Å². The molecule has 4 nitrogen and oxygen atoms in total. The van der Waals surface area contributed by atoms with E-state index in [1.165, 1.54) is 12.1 Å². The molecule has 0 aliphatic carbocycles. The van der Waals surface area contributed by atoms with Crippen molar-refractivity contribution in [1.29, 1.82) is 0 Å². The highest BCUT2D eigenvalue weighted by Crippen LogP contribution is 2.30. The summed E-state index contributed by atoms with van der Waals surface area (Å²) < 4.78 is 37.2. The van der Waals surface area contributed by atoms with Crippen LogP contribution >= 0.6 is 0 Å². The smallest absolute Gasteiger partial charge is 0.416 e. The monoisotopic (exact) mass is 263 g/mol. The van der Waals surface area contributed by atoms with Crippen molar-refractivity contribution in [3.63, 3.8) is 0 Å². The molecule has 0 radical (unpaired) electrons. The summed E-state index contributed by atoms with van der Waals surface area (Å²) in [6.45, 7) is 0.652. The fourth-order valence-corrected chi connectivity index (χ4v) is 1.16. The van der Waals surface area contributed by atoms with Crippen LogP contribution in [0.5, 0.6) is 0 Å². The molecular formula is C11H12F3NO3. The van der Waals surface area contributed by atoms with Crippen LogP contribution in [0, 0.1) is 0 Å². The van der Waals surface area contributed by atoms with Gasteiger partial charge in [0.15, 0.2) is 5.60 Å². The maximum atomic E-state index is 12.4. The Labute approximate surface area is 101 Å². The third-order valence-electron chi connectivity index (χ3n) is 2.29. The van der Waals surface area contributed by atoms with Crippen LogP contribution in [0.15, 0.2) is 24.3 Å². The molecule has 0 heterocycles. The normalized spacial score (nSPS) is 14.9. The second-order valence-corrected chi connectivity index (χ2v) is 4.01. The van der Waals surface area contributed by atoms with E-state index in [1.807, 2.05) is 0 Å². The first kappa shape index (κ1) is 14.3. The highest BCUT2D eigenvalue weighted by molar-refractivity contribution is 5.77. The largest absolute Gasteiger partial charge is 0.479 e. The summed E-state index contributed by atoms with van der Waals surface area (Å²) in [6.07, 6.45) is -4.47. The van der Waals surface area contributed by atoms with Gasteiger partial charge < -0.3 is 15.5 Å². The minimum Gasteiger partial charge on any atom is -0.479 e. The molecule has 0 aliphatic heterocycles. The molecule has 1 aromatic rings.